The summed E-state index contributed by atoms with van der Waals surface area (Å²) in [7, 11) is 0.115. The SMILES string of the molecule is COCOc1cc(OCCCCN=[N+]=[N-])cc(/C=C/CC2OC(C)(C)OC2C(C)/C=C\[C@@H](C)C(C)C)c1C(=O)OCC[Si](C)(C)C. The molecule has 1 aliphatic heterocycles. The molecule has 0 amide bonds. The molecule has 0 aromatic heterocycles. The quantitative estimate of drug-likeness (QED) is 0.0200. The maximum atomic E-state index is 13.5. The summed E-state index contributed by atoms with van der Waals surface area (Å²) in [6.45, 7) is 20.6. The number of benzene rings is 1. The smallest absolute Gasteiger partial charge is 0.342 e. The van der Waals surface area contributed by atoms with Gasteiger partial charge in [0, 0.05) is 38.6 Å². The molecule has 0 N–H and O–H groups in total. The fraction of sp³-hybridized carbons (Fsp3) is 0.686. The van der Waals surface area contributed by atoms with E-state index in [-0.39, 0.29) is 24.9 Å². The van der Waals surface area contributed by atoms with Gasteiger partial charge >= 0.3 is 5.97 Å². The Labute approximate surface area is 277 Å². The number of esters is 1. The lowest BCUT2D eigenvalue weighted by Crippen LogP contribution is -2.28. The number of unbranched alkanes of at least 4 members (excludes halogenated alkanes) is 1. The molecule has 1 saturated heterocycles. The van der Waals surface area contributed by atoms with Gasteiger partial charge in [-0.25, -0.2) is 4.79 Å². The summed E-state index contributed by atoms with van der Waals surface area (Å²) in [5.74, 6) is 0.897. The molecule has 1 heterocycles. The van der Waals surface area contributed by atoms with Crippen LogP contribution in [0.1, 0.15) is 76.7 Å². The molecule has 0 aliphatic carbocycles. The number of hydrogen-bond acceptors (Lipinski definition) is 8. The highest BCUT2D eigenvalue weighted by Crippen LogP contribution is 2.36. The Balaban J connectivity index is 2.38. The van der Waals surface area contributed by atoms with Crippen molar-refractivity contribution in [3.63, 3.8) is 0 Å². The van der Waals surface area contributed by atoms with Crippen molar-refractivity contribution in [2.45, 2.75) is 104 Å². The first-order chi connectivity index (χ1) is 21.7. The Bertz CT molecular complexity index is 1210. The van der Waals surface area contributed by atoms with E-state index in [1.54, 1.807) is 6.07 Å². The van der Waals surface area contributed by atoms with Gasteiger partial charge < -0.3 is 28.4 Å². The first-order valence-electron chi connectivity index (χ1n) is 16.5. The minimum Gasteiger partial charge on any atom is -0.493 e. The molecule has 258 valence electrons. The zero-order chi connectivity index (χ0) is 34.3. The summed E-state index contributed by atoms with van der Waals surface area (Å²) in [6, 6.07) is 4.37. The molecule has 1 fully saturated rings. The van der Waals surface area contributed by atoms with Crippen LogP contribution in [-0.2, 0) is 18.9 Å². The maximum Gasteiger partial charge on any atom is 0.342 e. The molecule has 11 heteroatoms. The first kappa shape index (κ1) is 39.4. The molecule has 10 nitrogen and oxygen atoms in total. The molecule has 0 spiro atoms. The first-order valence-corrected chi connectivity index (χ1v) is 20.2. The van der Waals surface area contributed by atoms with Crippen LogP contribution >= 0.6 is 0 Å². The number of rotatable bonds is 20. The third kappa shape index (κ3) is 13.9. The van der Waals surface area contributed by atoms with Crippen molar-refractivity contribution in [2.24, 2.45) is 22.9 Å². The van der Waals surface area contributed by atoms with Gasteiger partial charge in [0.25, 0.3) is 0 Å². The fourth-order valence-corrected chi connectivity index (χ4v) is 5.54. The standard InChI is InChI=1S/C35H57N3O7Si/c1-25(2)26(3)16-17-27(4)33-30(44-35(5,6)45-33)15-13-14-28-22-29(41-19-12-11-18-37-38-36)23-31(43-24-40-7)32(28)34(39)42-20-21-46(8,9)10/h13-14,16-17,22-23,25-27,30,33H,11-12,15,18-21,24H2,1-10H3/b14-13+,17-16-/t26-,27?,30?,33?/m1/s1. The third-order valence-electron chi connectivity index (χ3n) is 7.89. The van der Waals surface area contributed by atoms with E-state index in [0.29, 0.717) is 73.5 Å². The lowest BCUT2D eigenvalue weighted by Gasteiger charge is -2.21. The van der Waals surface area contributed by atoms with E-state index in [1.165, 1.54) is 7.11 Å². The van der Waals surface area contributed by atoms with Crippen molar-refractivity contribution < 1.29 is 33.2 Å². The van der Waals surface area contributed by atoms with Crippen LogP contribution in [0, 0.1) is 17.8 Å². The number of ether oxygens (including phenoxy) is 6. The van der Waals surface area contributed by atoms with Gasteiger partial charge in [0.15, 0.2) is 12.6 Å². The van der Waals surface area contributed by atoms with Gasteiger partial charge in [0.05, 0.1) is 25.4 Å². The zero-order valence-corrected chi connectivity index (χ0v) is 30.7. The van der Waals surface area contributed by atoms with E-state index >= 15 is 0 Å². The molecule has 0 bridgehead atoms. The summed E-state index contributed by atoms with van der Waals surface area (Å²) < 4.78 is 35.5. The highest BCUT2D eigenvalue weighted by Gasteiger charge is 2.42. The lowest BCUT2D eigenvalue weighted by molar-refractivity contribution is -0.148. The summed E-state index contributed by atoms with van der Waals surface area (Å²) >= 11 is 0. The van der Waals surface area contributed by atoms with Crippen LogP contribution in [0.15, 0.2) is 35.5 Å². The Morgan fingerprint density at radius 1 is 1.09 bits per heavy atom. The minimum atomic E-state index is -1.41. The second-order valence-electron chi connectivity index (χ2n) is 14.0. The number of azide groups is 1. The molecule has 1 aromatic rings. The fourth-order valence-electron chi connectivity index (χ4n) is 4.82. The molecule has 0 saturated carbocycles. The molecule has 3 unspecified atom stereocenters. The summed E-state index contributed by atoms with van der Waals surface area (Å²) in [5.41, 5.74) is 9.44. The predicted molar refractivity (Wildman–Crippen MR) is 186 cm³/mol. The van der Waals surface area contributed by atoms with E-state index in [1.807, 2.05) is 32.1 Å². The molecule has 4 atom stereocenters. The van der Waals surface area contributed by atoms with Gasteiger partial charge in [-0.2, -0.15) is 0 Å². The number of allylic oxidation sites excluding steroid dienone is 1. The summed E-state index contributed by atoms with van der Waals surface area (Å²) in [4.78, 5) is 16.3. The molecule has 1 aromatic carbocycles. The number of carbonyl (C=O) groups excluding carboxylic acids is 1. The van der Waals surface area contributed by atoms with Crippen molar-refractivity contribution in [3.05, 3.63) is 51.9 Å². The highest BCUT2D eigenvalue weighted by molar-refractivity contribution is 6.76. The van der Waals surface area contributed by atoms with E-state index < -0.39 is 19.8 Å². The zero-order valence-electron chi connectivity index (χ0n) is 29.7. The Morgan fingerprint density at radius 3 is 2.48 bits per heavy atom. The highest BCUT2D eigenvalue weighted by atomic mass is 28.3. The van der Waals surface area contributed by atoms with Gasteiger partial charge in [-0.15, -0.1) is 0 Å². The Morgan fingerprint density at radius 2 is 1.83 bits per heavy atom. The van der Waals surface area contributed by atoms with Crippen LogP contribution < -0.4 is 9.47 Å². The number of carbonyl (C=O) groups is 1. The summed E-state index contributed by atoms with van der Waals surface area (Å²) in [5, 5.41) is 3.58. The van der Waals surface area contributed by atoms with Crippen LogP contribution in [-0.4, -0.2) is 65.7 Å². The Kier molecular flexibility index (Phi) is 16.3. The second-order valence-corrected chi connectivity index (χ2v) is 19.6. The van der Waals surface area contributed by atoms with Crippen molar-refractivity contribution in [1.82, 2.24) is 0 Å². The van der Waals surface area contributed by atoms with Crippen LogP contribution in [0.4, 0.5) is 0 Å². The molecule has 0 radical (unpaired) electrons. The van der Waals surface area contributed by atoms with Gasteiger partial charge in [-0.3, -0.25) is 0 Å². The monoisotopic (exact) mass is 659 g/mol. The van der Waals surface area contributed by atoms with E-state index in [9.17, 15) is 4.79 Å². The van der Waals surface area contributed by atoms with Gasteiger partial charge in [-0.05, 0) is 68.2 Å². The van der Waals surface area contributed by atoms with E-state index in [2.05, 4.69) is 69.5 Å². The van der Waals surface area contributed by atoms with Gasteiger partial charge in [0.1, 0.15) is 17.1 Å². The molecular weight excluding hydrogens is 602 g/mol. The maximum absolute atomic E-state index is 13.5. The largest absolute Gasteiger partial charge is 0.493 e. The van der Waals surface area contributed by atoms with Crippen molar-refractivity contribution in [3.8, 4) is 11.5 Å². The number of hydrogen-bond donors (Lipinski definition) is 0. The number of methoxy groups -OCH3 is 1. The predicted octanol–water partition coefficient (Wildman–Crippen LogP) is 9.04. The van der Waals surface area contributed by atoms with E-state index in [4.69, 9.17) is 34.0 Å². The van der Waals surface area contributed by atoms with E-state index in [0.717, 1.165) is 6.04 Å². The average molecular weight is 660 g/mol. The Hall–Kier alpha value is -2.82. The topological polar surface area (TPSA) is 121 Å². The van der Waals surface area contributed by atoms with Crippen LogP contribution in [0.2, 0.25) is 25.7 Å². The van der Waals surface area contributed by atoms with Crippen LogP contribution in [0.3, 0.4) is 0 Å². The second kappa shape index (κ2) is 19.1. The van der Waals surface area contributed by atoms with Gasteiger partial charge in [0.2, 0.25) is 0 Å². The third-order valence-corrected chi connectivity index (χ3v) is 9.59. The van der Waals surface area contributed by atoms with Crippen molar-refractivity contribution >= 4 is 20.1 Å². The van der Waals surface area contributed by atoms with Crippen LogP contribution in [0.5, 0.6) is 11.5 Å². The van der Waals surface area contributed by atoms with Crippen molar-refractivity contribution in [2.75, 3.05) is 33.7 Å². The number of nitrogens with zero attached hydrogens (tertiary/aromatic N) is 3. The van der Waals surface area contributed by atoms with Gasteiger partial charge in [-0.1, -0.05) is 76.8 Å². The average Bonchev–Trinajstić information content (AvgIpc) is 3.29. The summed E-state index contributed by atoms with van der Waals surface area (Å²) in [6.07, 6.45) is 10.1. The van der Waals surface area contributed by atoms with Crippen LogP contribution in [0.25, 0.3) is 16.5 Å². The molecule has 2 rings (SSSR count). The molecule has 1 aliphatic rings. The minimum absolute atomic E-state index is 0.0429. The lowest BCUT2D eigenvalue weighted by atomic mass is 9.92. The van der Waals surface area contributed by atoms with Crippen molar-refractivity contribution in [1.29, 1.82) is 0 Å². The molecule has 46 heavy (non-hydrogen) atoms. The normalized spacial score (nSPS) is 19.4. The molecular formula is C35H57N3O7Si.